The van der Waals surface area contributed by atoms with Crippen molar-refractivity contribution in [2.45, 2.75) is 32.2 Å². The molecule has 4 amide bonds. The molecule has 9 nitrogen and oxygen atoms in total. The van der Waals surface area contributed by atoms with Gasteiger partial charge in [0.05, 0.1) is 54.6 Å². The zero-order chi connectivity index (χ0) is 33.4. The quantitative estimate of drug-likeness (QED) is 0.270. The molecule has 0 spiro atoms. The predicted octanol–water partition coefficient (Wildman–Crippen LogP) is 5.63. The first-order valence-corrected chi connectivity index (χ1v) is 15.8. The lowest BCUT2D eigenvalue weighted by Crippen LogP contribution is -2.49. The van der Waals surface area contributed by atoms with Crippen molar-refractivity contribution >= 4 is 40.9 Å². The van der Waals surface area contributed by atoms with Gasteiger partial charge in [0.25, 0.3) is 0 Å². The summed E-state index contributed by atoms with van der Waals surface area (Å²) in [4.78, 5) is 59.4. The van der Waals surface area contributed by atoms with Gasteiger partial charge in [-0.2, -0.15) is 0 Å². The molecule has 242 valence electrons. The Labute approximate surface area is 275 Å². The number of halogens is 2. The van der Waals surface area contributed by atoms with E-state index in [2.05, 4.69) is 0 Å². The van der Waals surface area contributed by atoms with Crippen LogP contribution in [0.1, 0.15) is 36.8 Å². The number of anilines is 1. The van der Waals surface area contributed by atoms with Crippen LogP contribution in [0.15, 0.2) is 72.3 Å². The van der Waals surface area contributed by atoms with Gasteiger partial charge < -0.3 is 14.6 Å². The molecule has 3 aromatic rings. The van der Waals surface area contributed by atoms with Crippen molar-refractivity contribution in [2.24, 2.45) is 29.1 Å². The van der Waals surface area contributed by atoms with Crippen molar-refractivity contribution < 1.29 is 38.1 Å². The molecular weight excluding hydrogens is 627 g/mol. The van der Waals surface area contributed by atoms with Crippen molar-refractivity contribution in [3.63, 3.8) is 0 Å². The number of likely N-dealkylation sites (tertiary alicyclic amines) is 1. The van der Waals surface area contributed by atoms with Gasteiger partial charge in [0, 0.05) is 23.6 Å². The van der Waals surface area contributed by atoms with Crippen LogP contribution in [-0.2, 0) is 25.7 Å². The number of carbonyl (C=O) groups is 4. The highest BCUT2D eigenvalue weighted by Gasteiger charge is 2.68. The Morgan fingerprint density at radius 2 is 1.62 bits per heavy atom. The predicted molar refractivity (Wildman–Crippen MR) is 169 cm³/mol. The van der Waals surface area contributed by atoms with Gasteiger partial charge in [-0.05, 0) is 49.4 Å². The van der Waals surface area contributed by atoms with Crippen LogP contribution in [0.3, 0.4) is 0 Å². The fraction of sp³-hybridized carbons (Fsp3) is 0.333. The van der Waals surface area contributed by atoms with Crippen LogP contribution < -0.4 is 14.4 Å². The second-order valence-electron chi connectivity index (χ2n) is 12.8. The van der Waals surface area contributed by atoms with E-state index in [1.54, 1.807) is 6.92 Å². The maximum Gasteiger partial charge on any atom is 0.241 e. The second-order valence-corrected chi connectivity index (χ2v) is 13.2. The summed E-state index contributed by atoms with van der Waals surface area (Å²) in [6.07, 6.45) is 2.33. The highest BCUT2D eigenvalue weighted by Crippen LogP contribution is 2.65. The fourth-order valence-corrected chi connectivity index (χ4v) is 8.56. The number of ether oxygens (including phenoxy) is 2. The van der Waals surface area contributed by atoms with Crippen LogP contribution in [0.4, 0.5) is 10.1 Å². The fourth-order valence-electron chi connectivity index (χ4n) is 8.39. The first-order chi connectivity index (χ1) is 22.5. The Morgan fingerprint density at radius 1 is 0.936 bits per heavy atom. The molecular formula is C36H32ClFN2O7. The maximum absolute atomic E-state index is 14.7. The van der Waals surface area contributed by atoms with Crippen molar-refractivity contribution in [3.8, 4) is 17.2 Å². The van der Waals surface area contributed by atoms with Gasteiger partial charge in [0.1, 0.15) is 23.1 Å². The van der Waals surface area contributed by atoms with Crippen molar-refractivity contribution in [2.75, 3.05) is 19.1 Å². The SMILES string of the molecule is COc1cc(O)cc(OC)c1C1C2=CCC3C(=O)N(Cc4ccccc4)C(=O)C3C2CC2C(=O)N(c3ccc(F)c(Cl)c3)C(=O)C21C. The number of imide groups is 2. The molecule has 1 saturated carbocycles. The van der Waals surface area contributed by atoms with E-state index in [0.29, 0.717) is 5.56 Å². The van der Waals surface area contributed by atoms with Gasteiger partial charge in [-0.1, -0.05) is 53.6 Å². The molecule has 1 N–H and O–H groups in total. The molecule has 2 aliphatic heterocycles. The molecule has 7 rings (SSSR count). The molecule has 3 aromatic carbocycles. The third-order valence-corrected chi connectivity index (χ3v) is 10.8. The molecule has 47 heavy (non-hydrogen) atoms. The Morgan fingerprint density at radius 3 is 2.26 bits per heavy atom. The minimum atomic E-state index is -1.42. The Kier molecular flexibility index (Phi) is 7.39. The lowest BCUT2D eigenvalue weighted by molar-refractivity contribution is -0.141. The van der Waals surface area contributed by atoms with Gasteiger partial charge >= 0.3 is 0 Å². The number of hydrogen-bond donors (Lipinski definition) is 1. The molecule has 2 saturated heterocycles. The highest BCUT2D eigenvalue weighted by atomic mass is 35.5. The molecule has 4 aliphatic rings. The summed E-state index contributed by atoms with van der Waals surface area (Å²) < 4.78 is 25.6. The number of methoxy groups -OCH3 is 2. The number of aromatic hydroxyl groups is 1. The van der Waals surface area contributed by atoms with Crippen molar-refractivity contribution in [1.29, 1.82) is 0 Å². The summed E-state index contributed by atoms with van der Waals surface area (Å²) in [5.41, 5.74) is 0.697. The van der Waals surface area contributed by atoms with E-state index in [-0.39, 0.29) is 59.2 Å². The Hall–Kier alpha value is -4.70. The molecule has 0 bridgehead atoms. The third kappa shape index (κ3) is 4.48. The average molecular weight is 659 g/mol. The highest BCUT2D eigenvalue weighted by molar-refractivity contribution is 6.31. The van der Waals surface area contributed by atoms with E-state index >= 15 is 0 Å². The minimum Gasteiger partial charge on any atom is -0.508 e. The van der Waals surface area contributed by atoms with Crippen LogP contribution in [-0.4, -0.2) is 47.9 Å². The van der Waals surface area contributed by atoms with Gasteiger partial charge in [0.2, 0.25) is 23.6 Å². The van der Waals surface area contributed by atoms with Crippen LogP contribution in [0.25, 0.3) is 0 Å². The first kappa shape index (κ1) is 30.9. The third-order valence-electron chi connectivity index (χ3n) is 10.5. The van der Waals surface area contributed by atoms with Crippen LogP contribution in [0.2, 0.25) is 5.02 Å². The molecule has 3 fully saturated rings. The molecule has 2 aliphatic carbocycles. The monoisotopic (exact) mass is 658 g/mol. The number of phenols is 1. The normalized spacial score (nSPS) is 28.2. The summed E-state index contributed by atoms with van der Waals surface area (Å²) in [7, 11) is 2.86. The van der Waals surface area contributed by atoms with E-state index in [1.807, 2.05) is 36.4 Å². The van der Waals surface area contributed by atoms with Crippen LogP contribution in [0.5, 0.6) is 17.2 Å². The average Bonchev–Trinajstić information content (AvgIpc) is 3.42. The number of hydrogen-bond acceptors (Lipinski definition) is 7. The number of amides is 4. The number of phenolic OH excluding ortho intramolecular Hbond substituents is 1. The van der Waals surface area contributed by atoms with Gasteiger partial charge in [-0.15, -0.1) is 0 Å². The zero-order valence-electron chi connectivity index (χ0n) is 25.9. The molecule has 0 radical (unpaired) electrons. The van der Waals surface area contributed by atoms with E-state index in [1.165, 1.54) is 43.4 Å². The van der Waals surface area contributed by atoms with E-state index in [4.69, 9.17) is 21.1 Å². The first-order valence-electron chi connectivity index (χ1n) is 15.4. The number of carbonyl (C=O) groups excluding carboxylic acids is 4. The number of nitrogens with zero attached hydrogens (tertiary/aromatic N) is 2. The van der Waals surface area contributed by atoms with Crippen LogP contribution >= 0.6 is 11.6 Å². The number of allylic oxidation sites excluding steroid dienone is 2. The lowest BCUT2D eigenvalue weighted by atomic mass is 9.51. The van der Waals surface area contributed by atoms with E-state index < -0.39 is 52.6 Å². The smallest absolute Gasteiger partial charge is 0.241 e. The maximum atomic E-state index is 14.7. The Bertz CT molecular complexity index is 1850. The standard InChI is InChI=1S/C36H32ClFN2O7/c1-36-24(33(43)40(35(36)45)19-9-12-26(38)25(37)13-19)16-23-21(31(36)30-27(46-2)14-20(41)15-28(30)47-3)10-11-22-29(23)34(44)39(32(22)42)17-18-7-5-4-6-8-18/h4-10,12-15,22-24,29,31,41H,11,16-17H2,1-3H3. The van der Waals surface area contributed by atoms with E-state index in [0.717, 1.165) is 22.1 Å². The Balaban J connectivity index is 1.39. The minimum absolute atomic E-state index is 0.126. The summed E-state index contributed by atoms with van der Waals surface area (Å²) >= 11 is 6.09. The largest absolute Gasteiger partial charge is 0.508 e. The molecule has 11 heteroatoms. The van der Waals surface area contributed by atoms with Crippen molar-refractivity contribution in [1.82, 2.24) is 4.90 Å². The number of rotatable bonds is 6. The molecule has 6 unspecified atom stereocenters. The van der Waals surface area contributed by atoms with Gasteiger partial charge in [0.15, 0.2) is 0 Å². The summed E-state index contributed by atoms with van der Waals surface area (Å²) in [6, 6.07) is 15.8. The zero-order valence-corrected chi connectivity index (χ0v) is 26.7. The summed E-state index contributed by atoms with van der Waals surface area (Å²) in [5, 5.41) is 10.3. The van der Waals surface area contributed by atoms with Crippen molar-refractivity contribution in [3.05, 3.63) is 94.3 Å². The van der Waals surface area contributed by atoms with E-state index in [9.17, 15) is 28.7 Å². The molecule has 2 heterocycles. The summed E-state index contributed by atoms with van der Waals surface area (Å²) in [5.74, 6) is -5.68. The molecule has 6 atom stereocenters. The second kappa shape index (κ2) is 11.2. The molecule has 0 aromatic heterocycles. The number of fused-ring (bicyclic) bond motifs is 4. The number of benzene rings is 3. The summed E-state index contributed by atoms with van der Waals surface area (Å²) in [6.45, 7) is 1.85. The lowest BCUT2D eigenvalue weighted by Gasteiger charge is -2.49. The van der Waals surface area contributed by atoms with Gasteiger partial charge in [-0.3, -0.25) is 24.1 Å². The topological polar surface area (TPSA) is 113 Å². The van der Waals surface area contributed by atoms with Gasteiger partial charge in [-0.25, -0.2) is 9.29 Å². The van der Waals surface area contributed by atoms with Crippen LogP contribution in [0, 0.1) is 34.9 Å².